The summed E-state index contributed by atoms with van der Waals surface area (Å²) in [6, 6.07) is 9.07. The number of nitrogens with two attached hydrogens (primary N) is 2. The average molecular weight is 592 g/mol. The number of aliphatic carboxylic acids is 1. The summed E-state index contributed by atoms with van der Waals surface area (Å²) in [5, 5.41) is 28.2. The number of carboxylic acids is 1. The van der Waals surface area contributed by atoms with Crippen LogP contribution in [0.2, 0.25) is 0 Å². The molecule has 0 saturated carbocycles. The first-order valence-corrected chi connectivity index (χ1v) is 13.5. The SMILES string of the molecule is NC(=O)CC(NC(=O)C(N)Cc1c[nH]c2ccccc12)C(=O)NC(CO)C(=O)NC(Cc1c[nH]c2ccccc12)C(=O)O. The Morgan fingerprint density at radius 3 is 1.74 bits per heavy atom. The van der Waals surface area contributed by atoms with E-state index in [-0.39, 0.29) is 12.8 Å². The number of primary amides is 1. The van der Waals surface area contributed by atoms with E-state index in [0.717, 1.165) is 27.4 Å². The molecule has 4 rings (SSSR count). The largest absolute Gasteiger partial charge is 0.480 e. The molecule has 2 heterocycles. The molecule has 4 atom stereocenters. The van der Waals surface area contributed by atoms with Crippen LogP contribution in [-0.4, -0.2) is 80.6 Å². The third kappa shape index (κ3) is 7.55. The van der Waals surface area contributed by atoms with Crippen LogP contribution in [0.4, 0.5) is 0 Å². The number of amides is 4. The van der Waals surface area contributed by atoms with Gasteiger partial charge in [-0.3, -0.25) is 19.2 Å². The lowest BCUT2D eigenvalue weighted by atomic mass is 10.0. The normalized spacial score (nSPS) is 14.0. The first-order chi connectivity index (χ1) is 20.6. The number of aliphatic hydroxyl groups excluding tert-OH is 1. The van der Waals surface area contributed by atoms with Gasteiger partial charge in [-0.15, -0.1) is 0 Å². The van der Waals surface area contributed by atoms with E-state index in [0.29, 0.717) is 5.56 Å². The zero-order chi connectivity index (χ0) is 31.1. The molecule has 0 bridgehead atoms. The summed E-state index contributed by atoms with van der Waals surface area (Å²) in [6.45, 7) is -0.895. The fourth-order valence-corrected chi connectivity index (χ4v) is 4.78. The van der Waals surface area contributed by atoms with Gasteiger partial charge in [0, 0.05) is 40.6 Å². The molecule has 0 radical (unpaired) electrons. The molecule has 14 heteroatoms. The van der Waals surface area contributed by atoms with Crippen LogP contribution in [0, 0.1) is 0 Å². The third-order valence-corrected chi connectivity index (χ3v) is 7.02. The van der Waals surface area contributed by atoms with Gasteiger partial charge >= 0.3 is 5.97 Å². The van der Waals surface area contributed by atoms with Crippen LogP contribution in [0.5, 0.6) is 0 Å². The predicted molar refractivity (Wildman–Crippen MR) is 156 cm³/mol. The second kappa shape index (κ2) is 13.6. The standard InChI is InChI=1S/C29H33N7O7/c30-19(9-15-12-32-20-7-3-1-5-17(15)20)26(39)34-22(11-25(31)38)27(40)36-24(14-37)28(41)35-23(29(42)43)10-16-13-33-21-8-4-2-6-18(16)21/h1-8,12-13,19,22-24,32-33,37H,9-11,14,30H2,(H2,31,38)(H,34,39)(H,35,41)(H,36,40)(H,42,43). The quantitative estimate of drug-likeness (QED) is 0.0893. The van der Waals surface area contributed by atoms with Crippen LogP contribution in [0.15, 0.2) is 60.9 Å². The lowest BCUT2D eigenvalue weighted by molar-refractivity contribution is -0.142. The number of aromatic amines is 2. The molecule has 43 heavy (non-hydrogen) atoms. The van der Waals surface area contributed by atoms with Crippen molar-refractivity contribution in [3.63, 3.8) is 0 Å². The van der Waals surface area contributed by atoms with Gasteiger partial charge in [-0.1, -0.05) is 36.4 Å². The maximum Gasteiger partial charge on any atom is 0.326 e. The maximum absolute atomic E-state index is 13.0. The first-order valence-electron chi connectivity index (χ1n) is 13.5. The number of carbonyl (C=O) groups is 5. The minimum Gasteiger partial charge on any atom is -0.480 e. The zero-order valence-corrected chi connectivity index (χ0v) is 23.0. The zero-order valence-electron chi connectivity index (χ0n) is 23.0. The Balaban J connectivity index is 1.39. The smallest absolute Gasteiger partial charge is 0.326 e. The molecule has 0 aliphatic rings. The van der Waals surface area contributed by atoms with Gasteiger partial charge in [0.15, 0.2) is 0 Å². The van der Waals surface area contributed by atoms with Crippen molar-refractivity contribution in [2.75, 3.05) is 6.61 Å². The Hall–Kier alpha value is -5.21. The molecule has 14 nitrogen and oxygen atoms in total. The number of aliphatic hydroxyl groups is 1. The van der Waals surface area contributed by atoms with E-state index < -0.39 is 66.8 Å². The van der Waals surface area contributed by atoms with Crippen molar-refractivity contribution in [3.8, 4) is 0 Å². The molecular formula is C29H33N7O7. The second-order valence-corrected chi connectivity index (χ2v) is 10.1. The summed E-state index contributed by atoms with van der Waals surface area (Å²) in [5.74, 6) is -4.97. The minimum absolute atomic E-state index is 0.0775. The third-order valence-electron chi connectivity index (χ3n) is 7.02. The van der Waals surface area contributed by atoms with E-state index in [1.54, 1.807) is 24.5 Å². The number of para-hydroxylation sites is 2. The lowest BCUT2D eigenvalue weighted by Gasteiger charge is -2.24. The fraction of sp³-hybridized carbons (Fsp3) is 0.276. The highest BCUT2D eigenvalue weighted by Crippen LogP contribution is 2.20. The van der Waals surface area contributed by atoms with Gasteiger partial charge in [-0.2, -0.15) is 0 Å². The van der Waals surface area contributed by atoms with E-state index in [1.165, 1.54) is 0 Å². The predicted octanol–water partition coefficient (Wildman–Crippen LogP) is -0.832. The van der Waals surface area contributed by atoms with E-state index in [9.17, 15) is 34.2 Å². The summed E-state index contributed by atoms with van der Waals surface area (Å²) in [5.41, 5.74) is 14.4. The van der Waals surface area contributed by atoms with Crippen LogP contribution in [0.25, 0.3) is 21.8 Å². The van der Waals surface area contributed by atoms with Crippen molar-refractivity contribution in [2.24, 2.45) is 11.5 Å². The van der Waals surface area contributed by atoms with Crippen LogP contribution >= 0.6 is 0 Å². The first kappa shape index (κ1) is 30.7. The number of nitrogens with one attached hydrogen (secondary N) is 5. The summed E-state index contributed by atoms with van der Waals surface area (Å²) < 4.78 is 0. The van der Waals surface area contributed by atoms with Crippen LogP contribution in [0.3, 0.4) is 0 Å². The molecule has 0 spiro atoms. The highest BCUT2D eigenvalue weighted by atomic mass is 16.4. The Kier molecular flexibility index (Phi) is 9.75. The molecule has 2 aromatic carbocycles. The van der Waals surface area contributed by atoms with E-state index >= 15 is 0 Å². The van der Waals surface area contributed by atoms with Crippen molar-refractivity contribution < 1.29 is 34.2 Å². The van der Waals surface area contributed by atoms with E-state index in [2.05, 4.69) is 25.9 Å². The van der Waals surface area contributed by atoms with Gasteiger partial charge in [0.05, 0.1) is 19.1 Å². The Morgan fingerprint density at radius 1 is 0.721 bits per heavy atom. The number of H-pyrrole nitrogens is 2. The highest BCUT2D eigenvalue weighted by molar-refractivity contribution is 5.96. The molecule has 4 unspecified atom stereocenters. The summed E-state index contributed by atoms with van der Waals surface area (Å²) in [4.78, 5) is 68.6. The van der Waals surface area contributed by atoms with Gasteiger partial charge in [-0.25, -0.2) is 4.79 Å². The van der Waals surface area contributed by atoms with Gasteiger partial charge < -0.3 is 47.6 Å². The van der Waals surface area contributed by atoms with Crippen LogP contribution in [0.1, 0.15) is 17.5 Å². The van der Waals surface area contributed by atoms with Crippen LogP contribution < -0.4 is 27.4 Å². The summed E-state index contributed by atoms with van der Waals surface area (Å²) >= 11 is 0. The van der Waals surface area contributed by atoms with Gasteiger partial charge in [-0.05, 0) is 29.7 Å². The summed E-state index contributed by atoms with van der Waals surface area (Å²) in [6.07, 6.45) is 2.79. The fourth-order valence-electron chi connectivity index (χ4n) is 4.78. The van der Waals surface area contributed by atoms with Crippen molar-refractivity contribution in [2.45, 2.75) is 43.4 Å². The van der Waals surface area contributed by atoms with Crippen molar-refractivity contribution in [1.82, 2.24) is 25.9 Å². The molecule has 2 aromatic heterocycles. The Labute approximate surface area is 245 Å². The second-order valence-electron chi connectivity index (χ2n) is 10.1. The molecule has 11 N–H and O–H groups in total. The molecule has 0 aliphatic carbocycles. The highest BCUT2D eigenvalue weighted by Gasteiger charge is 2.31. The minimum atomic E-state index is -1.59. The van der Waals surface area contributed by atoms with Crippen LogP contribution in [-0.2, 0) is 36.8 Å². The molecule has 0 saturated heterocycles. The average Bonchev–Trinajstić information content (AvgIpc) is 3.58. The van der Waals surface area contributed by atoms with Crippen molar-refractivity contribution >= 4 is 51.4 Å². The van der Waals surface area contributed by atoms with Crippen molar-refractivity contribution in [3.05, 3.63) is 72.1 Å². The van der Waals surface area contributed by atoms with Gasteiger partial charge in [0.25, 0.3) is 0 Å². The number of rotatable bonds is 14. The molecular weight excluding hydrogens is 558 g/mol. The Bertz CT molecular complexity index is 1650. The molecule has 4 aromatic rings. The number of aromatic nitrogens is 2. The number of hydrogen-bond donors (Lipinski definition) is 9. The molecule has 0 aliphatic heterocycles. The lowest BCUT2D eigenvalue weighted by Crippen LogP contribution is -2.59. The number of carbonyl (C=O) groups excluding carboxylic acids is 4. The number of benzene rings is 2. The maximum atomic E-state index is 13.0. The molecule has 0 fully saturated rings. The molecule has 226 valence electrons. The van der Waals surface area contributed by atoms with E-state index in [4.69, 9.17) is 11.5 Å². The van der Waals surface area contributed by atoms with Crippen molar-refractivity contribution in [1.29, 1.82) is 0 Å². The number of carboxylic acid groups (broad SMARTS) is 1. The monoisotopic (exact) mass is 591 g/mol. The van der Waals surface area contributed by atoms with E-state index in [1.807, 2.05) is 36.4 Å². The summed E-state index contributed by atoms with van der Waals surface area (Å²) in [7, 11) is 0. The number of hydrogen-bond acceptors (Lipinski definition) is 7. The Morgan fingerprint density at radius 2 is 1.21 bits per heavy atom. The molecule has 4 amide bonds. The van der Waals surface area contributed by atoms with Gasteiger partial charge in [0.1, 0.15) is 18.1 Å². The number of fused-ring (bicyclic) bond motifs is 2. The topological polar surface area (TPSA) is 246 Å². The van der Waals surface area contributed by atoms with Gasteiger partial charge in [0.2, 0.25) is 23.6 Å².